The maximum atomic E-state index is 12.3. The number of alkyl halides is 2. The predicted molar refractivity (Wildman–Crippen MR) is 77.9 cm³/mol. The standard InChI is InChI=1S/C14H17Cl2NO2/c15-7-6-14(19)17(11-4-2-1-3-5-11)12-8-10(16)9-13(12)18/h1-5,10,12-13,18H,6-9H2/t10?,12-,13-/m1/s1. The summed E-state index contributed by atoms with van der Waals surface area (Å²) in [4.78, 5) is 13.9. The second-order valence-electron chi connectivity index (χ2n) is 4.74. The molecule has 1 saturated carbocycles. The fraction of sp³-hybridized carbons (Fsp3) is 0.500. The summed E-state index contributed by atoms with van der Waals surface area (Å²) in [5.74, 6) is 0.200. The summed E-state index contributed by atoms with van der Waals surface area (Å²) >= 11 is 11.8. The third kappa shape index (κ3) is 3.41. The van der Waals surface area contributed by atoms with Gasteiger partial charge in [0.05, 0.1) is 12.1 Å². The molecule has 1 fully saturated rings. The van der Waals surface area contributed by atoms with E-state index in [1.165, 1.54) is 0 Å². The van der Waals surface area contributed by atoms with Crippen LogP contribution in [0.1, 0.15) is 19.3 Å². The number of carbonyl (C=O) groups is 1. The predicted octanol–water partition coefficient (Wildman–Crippen LogP) is 2.78. The van der Waals surface area contributed by atoms with Crippen LogP contribution in [0.3, 0.4) is 0 Å². The molecular formula is C14H17Cl2NO2. The Balaban J connectivity index is 2.27. The van der Waals surface area contributed by atoms with Gasteiger partial charge in [-0.2, -0.15) is 0 Å². The number of anilines is 1. The van der Waals surface area contributed by atoms with Crippen LogP contribution in [-0.2, 0) is 4.79 Å². The number of halogens is 2. The van der Waals surface area contributed by atoms with Gasteiger partial charge in [0.15, 0.2) is 0 Å². The fourth-order valence-electron chi connectivity index (χ4n) is 2.52. The average Bonchev–Trinajstić information content (AvgIpc) is 2.70. The van der Waals surface area contributed by atoms with Gasteiger partial charge in [-0.15, -0.1) is 23.2 Å². The van der Waals surface area contributed by atoms with Crippen molar-refractivity contribution >= 4 is 34.8 Å². The Hall–Kier alpha value is -0.770. The first-order chi connectivity index (χ1) is 9.13. The van der Waals surface area contributed by atoms with Crippen LogP contribution in [0.15, 0.2) is 30.3 Å². The Labute approximate surface area is 123 Å². The van der Waals surface area contributed by atoms with E-state index in [0.29, 0.717) is 12.8 Å². The molecule has 1 N–H and O–H groups in total. The largest absolute Gasteiger partial charge is 0.391 e. The summed E-state index contributed by atoms with van der Waals surface area (Å²) in [6, 6.07) is 9.09. The number of amides is 1. The molecule has 1 amide bonds. The lowest BCUT2D eigenvalue weighted by molar-refractivity contribution is -0.119. The van der Waals surface area contributed by atoms with Gasteiger partial charge in [-0.3, -0.25) is 4.79 Å². The molecule has 5 heteroatoms. The summed E-state index contributed by atoms with van der Waals surface area (Å²) in [6.45, 7) is 0. The first-order valence-electron chi connectivity index (χ1n) is 6.38. The summed E-state index contributed by atoms with van der Waals surface area (Å²) in [5, 5.41) is 10.0. The van der Waals surface area contributed by atoms with Gasteiger partial charge in [-0.1, -0.05) is 18.2 Å². The van der Waals surface area contributed by atoms with Gasteiger partial charge in [0.2, 0.25) is 5.91 Å². The zero-order chi connectivity index (χ0) is 13.8. The summed E-state index contributed by atoms with van der Waals surface area (Å²) in [7, 11) is 0. The topological polar surface area (TPSA) is 40.5 Å². The van der Waals surface area contributed by atoms with Crippen molar-refractivity contribution in [1.82, 2.24) is 0 Å². The van der Waals surface area contributed by atoms with E-state index in [2.05, 4.69) is 0 Å². The smallest absolute Gasteiger partial charge is 0.228 e. The maximum Gasteiger partial charge on any atom is 0.228 e. The van der Waals surface area contributed by atoms with Crippen LogP contribution < -0.4 is 4.90 Å². The maximum absolute atomic E-state index is 12.3. The number of carbonyl (C=O) groups excluding carboxylic acids is 1. The van der Waals surface area contributed by atoms with Crippen LogP contribution >= 0.6 is 23.2 Å². The molecule has 0 radical (unpaired) electrons. The van der Waals surface area contributed by atoms with Crippen molar-refractivity contribution in [2.75, 3.05) is 10.8 Å². The van der Waals surface area contributed by atoms with Gasteiger partial charge in [0, 0.05) is 23.4 Å². The van der Waals surface area contributed by atoms with Gasteiger partial charge < -0.3 is 10.0 Å². The molecule has 0 spiro atoms. The van der Waals surface area contributed by atoms with Crippen LogP contribution in [0.5, 0.6) is 0 Å². The number of hydrogen-bond donors (Lipinski definition) is 1. The van der Waals surface area contributed by atoms with Crippen LogP contribution in [-0.4, -0.2) is 34.4 Å². The molecule has 104 valence electrons. The third-order valence-corrected chi connectivity index (χ3v) is 3.93. The lowest BCUT2D eigenvalue weighted by Gasteiger charge is -2.31. The Bertz CT molecular complexity index is 427. The lowest BCUT2D eigenvalue weighted by Crippen LogP contribution is -2.45. The zero-order valence-electron chi connectivity index (χ0n) is 10.5. The quantitative estimate of drug-likeness (QED) is 0.869. The van der Waals surface area contributed by atoms with Crippen molar-refractivity contribution < 1.29 is 9.90 Å². The minimum Gasteiger partial charge on any atom is -0.391 e. The molecular weight excluding hydrogens is 285 g/mol. The number of hydrogen-bond acceptors (Lipinski definition) is 2. The minimum absolute atomic E-state index is 0.0731. The minimum atomic E-state index is -0.581. The number of benzene rings is 1. The molecule has 0 bridgehead atoms. The van der Waals surface area contributed by atoms with Crippen molar-refractivity contribution in [3.05, 3.63) is 30.3 Å². The van der Waals surface area contributed by atoms with E-state index in [4.69, 9.17) is 23.2 Å². The van der Waals surface area contributed by atoms with Crippen LogP contribution in [0.4, 0.5) is 5.69 Å². The molecule has 1 aliphatic rings. The van der Waals surface area contributed by atoms with Crippen molar-refractivity contribution in [2.24, 2.45) is 0 Å². The SMILES string of the molecule is O=C(CCCl)N(c1ccccc1)[C@@H]1CC(Cl)C[C@H]1O. The molecule has 0 heterocycles. The van der Waals surface area contributed by atoms with E-state index < -0.39 is 6.10 Å². The third-order valence-electron chi connectivity index (χ3n) is 3.38. The number of aliphatic hydroxyl groups is 1. The van der Waals surface area contributed by atoms with E-state index in [1.54, 1.807) is 4.90 Å². The highest BCUT2D eigenvalue weighted by molar-refractivity contribution is 6.21. The van der Waals surface area contributed by atoms with Gasteiger partial charge in [0.25, 0.3) is 0 Å². The highest BCUT2D eigenvalue weighted by atomic mass is 35.5. The fourth-order valence-corrected chi connectivity index (χ4v) is 3.05. The van der Waals surface area contributed by atoms with E-state index in [0.717, 1.165) is 5.69 Å². The molecule has 3 atom stereocenters. The van der Waals surface area contributed by atoms with Crippen LogP contribution in [0, 0.1) is 0 Å². The molecule has 1 aromatic rings. The van der Waals surface area contributed by atoms with Crippen molar-refractivity contribution in [3.8, 4) is 0 Å². The monoisotopic (exact) mass is 301 g/mol. The molecule has 2 rings (SSSR count). The van der Waals surface area contributed by atoms with Crippen LogP contribution in [0.2, 0.25) is 0 Å². The lowest BCUT2D eigenvalue weighted by atomic mass is 10.1. The first kappa shape index (κ1) is 14.6. The number of aliphatic hydroxyl groups excluding tert-OH is 1. The van der Waals surface area contributed by atoms with Crippen molar-refractivity contribution in [3.63, 3.8) is 0 Å². The Morgan fingerprint density at radius 2 is 2.00 bits per heavy atom. The Morgan fingerprint density at radius 1 is 1.32 bits per heavy atom. The van der Waals surface area contributed by atoms with E-state index in [9.17, 15) is 9.90 Å². The second-order valence-corrected chi connectivity index (χ2v) is 5.74. The van der Waals surface area contributed by atoms with Crippen molar-refractivity contribution in [2.45, 2.75) is 36.8 Å². The Morgan fingerprint density at radius 3 is 2.53 bits per heavy atom. The number of nitrogens with zero attached hydrogens (tertiary/aromatic N) is 1. The summed E-state index contributed by atoms with van der Waals surface area (Å²) in [5.41, 5.74) is 0.785. The van der Waals surface area contributed by atoms with E-state index in [1.807, 2.05) is 30.3 Å². The summed E-state index contributed by atoms with van der Waals surface area (Å²) in [6.07, 6.45) is 0.795. The zero-order valence-corrected chi connectivity index (χ0v) is 12.0. The molecule has 19 heavy (non-hydrogen) atoms. The van der Waals surface area contributed by atoms with Gasteiger partial charge in [-0.05, 0) is 25.0 Å². The highest BCUT2D eigenvalue weighted by Gasteiger charge is 2.38. The first-order valence-corrected chi connectivity index (χ1v) is 7.35. The van der Waals surface area contributed by atoms with Crippen LogP contribution in [0.25, 0.3) is 0 Å². The van der Waals surface area contributed by atoms with Crippen molar-refractivity contribution in [1.29, 1.82) is 0 Å². The molecule has 1 aliphatic carbocycles. The highest BCUT2D eigenvalue weighted by Crippen LogP contribution is 2.32. The van der Waals surface area contributed by atoms with E-state index in [-0.39, 0.29) is 29.6 Å². The normalized spacial score (nSPS) is 26.4. The molecule has 0 saturated heterocycles. The molecule has 1 unspecified atom stereocenters. The molecule has 1 aromatic carbocycles. The second kappa shape index (κ2) is 6.60. The summed E-state index contributed by atoms with van der Waals surface area (Å²) < 4.78 is 0. The van der Waals surface area contributed by atoms with Gasteiger partial charge in [-0.25, -0.2) is 0 Å². The number of rotatable bonds is 4. The average molecular weight is 302 g/mol. The van der Waals surface area contributed by atoms with Gasteiger partial charge in [0.1, 0.15) is 0 Å². The van der Waals surface area contributed by atoms with Gasteiger partial charge >= 0.3 is 0 Å². The van der Waals surface area contributed by atoms with E-state index >= 15 is 0 Å². The molecule has 0 aliphatic heterocycles. The Kier molecular flexibility index (Phi) is 5.08. The number of para-hydroxylation sites is 1. The molecule has 0 aromatic heterocycles. The molecule has 3 nitrogen and oxygen atoms in total.